The minimum absolute atomic E-state index is 0.602. The SMILES string of the molecule is Cc1cc(NCCNc2nc(C3CC3)ns2)n2ncnc2n1. The summed E-state index contributed by atoms with van der Waals surface area (Å²) in [5, 5.41) is 11.7. The number of hydrogen-bond acceptors (Lipinski definition) is 8. The van der Waals surface area contributed by atoms with Gasteiger partial charge in [0.1, 0.15) is 18.0 Å². The van der Waals surface area contributed by atoms with Crippen LogP contribution in [0.3, 0.4) is 0 Å². The van der Waals surface area contributed by atoms with Gasteiger partial charge in [-0.15, -0.1) is 0 Å². The molecule has 0 aromatic carbocycles. The maximum absolute atomic E-state index is 4.50. The number of nitrogens with one attached hydrogen (secondary N) is 2. The standard InChI is InChI=1S/C13H16N8S/c1-8-6-10(21-12(18-8)16-7-17-21)14-4-5-15-13-19-11(20-22-13)9-2-3-9/h6-7,9,14H,2-5H2,1H3,(H,15,19,20). The zero-order chi connectivity index (χ0) is 14.9. The molecule has 0 amide bonds. The highest BCUT2D eigenvalue weighted by atomic mass is 32.1. The molecule has 3 heterocycles. The van der Waals surface area contributed by atoms with Crippen molar-refractivity contribution in [1.29, 1.82) is 0 Å². The number of nitrogens with zero attached hydrogens (tertiary/aromatic N) is 6. The van der Waals surface area contributed by atoms with Crippen molar-refractivity contribution in [2.24, 2.45) is 0 Å². The third-order valence-electron chi connectivity index (χ3n) is 3.47. The molecule has 22 heavy (non-hydrogen) atoms. The van der Waals surface area contributed by atoms with Crippen LogP contribution >= 0.6 is 11.5 Å². The average Bonchev–Trinajstić information content (AvgIpc) is 3.06. The summed E-state index contributed by atoms with van der Waals surface area (Å²) in [4.78, 5) is 12.9. The molecule has 1 saturated carbocycles. The molecule has 3 aromatic rings. The van der Waals surface area contributed by atoms with Gasteiger partial charge in [-0.05, 0) is 19.8 Å². The first-order chi connectivity index (χ1) is 10.8. The lowest BCUT2D eigenvalue weighted by molar-refractivity contribution is 0.914. The van der Waals surface area contributed by atoms with Crippen molar-refractivity contribution < 1.29 is 0 Å². The number of aromatic nitrogens is 6. The molecule has 1 aliphatic rings. The van der Waals surface area contributed by atoms with Crippen LogP contribution in [0.15, 0.2) is 12.4 Å². The van der Waals surface area contributed by atoms with Crippen molar-refractivity contribution in [2.45, 2.75) is 25.7 Å². The highest BCUT2D eigenvalue weighted by molar-refractivity contribution is 7.09. The smallest absolute Gasteiger partial charge is 0.254 e. The Hall–Kier alpha value is -2.29. The minimum atomic E-state index is 0.602. The van der Waals surface area contributed by atoms with Crippen molar-refractivity contribution in [2.75, 3.05) is 23.7 Å². The fraction of sp³-hybridized carbons (Fsp3) is 0.462. The van der Waals surface area contributed by atoms with E-state index in [0.29, 0.717) is 11.7 Å². The maximum Gasteiger partial charge on any atom is 0.254 e. The molecular weight excluding hydrogens is 300 g/mol. The Kier molecular flexibility index (Phi) is 3.34. The zero-order valence-corrected chi connectivity index (χ0v) is 13.0. The first-order valence-electron chi connectivity index (χ1n) is 7.28. The van der Waals surface area contributed by atoms with Crippen molar-refractivity contribution in [1.82, 2.24) is 28.9 Å². The molecule has 3 aromatic heterocycles. The highest BCUT2D eigenvalue weighted by Gasteiger charge is 2.27. The number of rotatable bonds is 6. The van der Waals surface area contributed by atoms with Gasteiger partial charge in [0.25, 0.3) is 5.78 Å². The van der Waals surface area contributed by atoms with Gasteiger partial charge < -0.3 is 10.6 Å². The normalized spacial score (nSPS) is 14.4. The molecule has 0 atom stereocenters. The third kappa shape index (κ3) is 2.71. The van der Waals surface area contributed by atoms with Crippen molar-refractivity contribution in [3.05, 3.63) is 23.9 Å². The van der Waals surface area contributed by atoms with Crippen LogP contribution in [0.25, 0.3) is 5.78 Å². The van der Waals surface area contributed by atoms with Crippen LogP contribution in [-0.2, 0) is 0 Å². The van der Waals surface area contributed by atoms with E-state index < -0.39 is 0 Å². The molecule has 8 nitrogen and oxygen atoms in total. The van der Waals surface area contributed by atoms with E-state index >= 15 is 0 Å². The van der Waals surface area contributed by atoms with Crippen LogP contribution < -0.4 is 10.6 Å². The second-order valence-electron chi connectivity index (χ2n) is 5.34. The topological polar surface area (TPSA) is 92.9 Å². The van der Waals surface area contributed by atoms with Crippen LogP contribution in [0.5, 0.6) is 0 Å². The lowest BCUT2D eigenvalue weighted by Gasteiger charge is -2.08. The largest absolute Gasteiger partial charge is 0.368 e. The van der Waals surface area contributed by atoms with E-state index in [-0.39, 0.29) is 0 Å². The van der Waals surface area contributed by atoms with Gasteiger partial charge in [-0.1, -0.05) is 0 Å². The van der Waals surface area contributed by atoms with Gasteiger partial charge in [0.15, 0.2) is 0 Å². The summed E-state index contributed by atoms with van der Waals surface area (Å²) in [6.07, 6.45) is 3.96. The van der Waals surface area contributed by atoms with Crippen molar-refractivity contribution >= 4 is 28.3 Å². The van der Waals surface area contributed by atoms with Gasteiger partial charge in [-0.2, -0.15) is 19.0 Å². The van der Waals surface area contributed by atoms with Crippen molar-refractivity contribution in [3.63, 3.8) is 0 Å². The summed E-state index contributed by atoms with van der Waals surface area (Å²) < 4.78 is 6.08. The predicted molar refractivity (Wildman–Crippen MR) is 84.4 cm³/mol. The molecule has 0 saturated heterocycles. The quantitative estimate of drug-likeness (QED) is 0.668. The van der Waals surface area contributed by atoms with Crippen molar-refractivity contribution in [3.8, 4) is 0 Å². The fourth-order valence-electron chi connectivity index (χ4n) is 2.23. The predicted octanol–water partition coefficient (Wildman–Crippen LogP) is 1.69. The Balaban J connectivity index is 1.34. The van der Waals surface area contributed by atoms with E-state index in [2.05, 4.69) is 35.1 Å². The number of fused-ring (bicyclic) bond motifs is 1. The van der Waals surface area contributed by atoms with E-state index in [1.807, 2.05) is 13.0 Å². The van der Waals surface area contributed by atoms with Crippen LogP contribution in [0.2, 0.25) is 0 Å². The maximum atomic E-state index is 4.50. The van der Waals surface area contributed by atoms with E-state index in [9.17, 15) is 0 Å². The van der Waals surface area contributed by atoms with Gasteiger partial charge in [0.05, 0.1) is 0 Å². The number of aryl methyl sites for hydroxylation is 1. The van der Waals surface area contributed by atoms with E-state index in [4.69, 9.17) is 0 Å². The molecular formula is C13H16N8S. The van der Waals surface area contributed by atoms with Gasteiger partial charge >= 0.3 is 0 Å². The second kappa shape index (κ2) is 5.48. The lowest BCUT2D eigenvalue weighted by atomic mass is 10.4. The first kappa shape index (κ1) is 13.4. The number of anilines is 2. The van der Waals surface area contributed by atoms with Crippen LogP contribution in [0.1, 0.15) is 30.3 Å². The van der Waals surface area contributed by atoms with Crippen LogP contribution in [0.4, 0.5) is 10.9 Å². The molecule has 4 rings (SSSR count). The molecule has 1 fully saturated rings. The van der Waals surface area contributed by atoms with E-state index in [1.165, 1.54) is 30.7 Å². The van der Waals surface area contributed by atoms with Crippen LogP contribution in [0, 0.1) is 6.92 Å². The Bertz CT molecular complexity index is 790. The average molecular weight is 316 g/mol. The molecule has 0 aliphatic heterocycles. The van der Waals surface area contributed by atoms with Gasteiger partial charge in [0, 0.05) is 42.3 Å². The summed E-state index contributed by atoms with van der Waals surface area (Å²) >= 11 is 1.43. The molecule has 0 unspecified atom stereocenters. The Labute approximate surface area is 131 Å². The minimum Gasteiger partial charge on any atom is -0.368 e. The van der Waals surface area contributed by atoms with Gasteiger partial charge in [-0.25, -0.2) is 9.97 Å². The fourth-order valence-corrected chi connectivity index (χ4v) is 2.90. The zero-order valence-electron chi connectivity index (χ0n) is 12.2. The van der Waals surface area contributed by atoms with E-state index in [1.54, 1.807) is 4.52 Å². The lowest BCUT2D eigenvalue weighted by Crippen LogP contribution is -2.16. The molecule has 0 spiro atoms. The number of hydrogen-bond donors (Lipinski definition) is 2. The summed E-state index contributed by atoms with van der Waals surface area (Å²) in [6, 6.07) is 1.96. The van der Waals surface area contributed by atoms with Gasteiger partial charge in [-0.3, -0.25) is 0 Å². The Morgan fingerprint density at radius 3 is 3.00 bits per heavy atom. The first-order valence-corrected chi connectivity index (χ1v) is 8.05. The monoisotopic (exact) mass is 316 g/mol. The molecule has 0 radical (unpaired) electrons. The molecule has 9 heteroatoms. The summed E-state index contributed by atoms with van der Waals surface area (Å²) in [6.45, 7) is 3.45. The molecule has 114 valence electrons. The summed E-state index contributed by atoms with van der Waals surface area (Å²) in [5.74, 6) is 3.09. The Morgan fingerprint density at radius 2 is 2.14 bits per heavy atom. The molecule has 1 aliphatic carbocycles. The molecule has 2 N–H and O–H groups in total. The van der Waals surface area contributed by atoms with Crippen LogP contribution in [-0.4, -0.2) is 42.0 Å². The Morgan fingerprint density at radius 1 is 1.27 bits per heavy atom. The van der Waals surface area contributed by atoms with Gasteiger partial charge in [0.2, 0.25) is 5.13 Å². The second-order valence-corrected chi connectivity index (χ2v) is 6.09. The molecule has 0 bridgehead atoms. The van der Waals surface area contributed by atoms with E-state index in [0.717, 1.165) is 35.6 Å². The third-order valence-corrected chi connectivity index (χ3v) is 4.16. The highest BCUT2D eigenvalue weighted by Crippen LogP contribution is 2.39. The summed E-state index contributed by atoms with van der Waals surface area (Å²) in [7, 11) is 0. The summed E-state index contributed by atoms with van der Waals surface area (Å²) in [5.41, 5.74) is 0.911.